The van der Waals surface area contributed by atoms with Crippen LogP contribution in [0.25, 0.3) is 0 Å². The Balaban J connectivity index is 1.30. The van der Waals surface area contributed by atoms with E-state index >= 15 is 0 Å². The number of nitro benzene ring substituents is 1. The van der Waals surface area contributed by atoms with Gasteiger partial charge >= 0.3 is 6.18 Å². The standard InChI is InChI=1S/C22H21F3N4O6/c23-22(24,25)14-5-6-15(16(11-14)29(32)33)28-9-7-13(8-10-28)20(30)26-27-21(31)19-12-34-17-3-1-2-4-18(17)35-19/h1-6,11,13,19H,7-10,12H2,(H,26,30)(H,27,31). The average molecular weight is 494 g/mol. The van der Waals surface area contributed by atoms with E-state index in [0.717, 1.165) is 12.1 Å². The highest BCUT2D eigenvalue weighted by atomic mass is 19.4. The van der Waals surface area contributed by atoms with Gasteiger partial charge in [0.05, 0.1) is 10.5 Å². The van der Waals surface area contributed by atoms with Crippen LogP contribution in [0.4, 0.5) is 24.5 Å². The van der Waals surface area contributed by atoms with E-state index in [1.807, 2.05) is 0 Å². The minimum atomic E-state index is -4.70. The summed E-state index contributed by atoms with van der Waals surface area (Å²) in [7, 11) is 0. The quantitative estimate of drug-likeness (QED) is 0.495. The number of piperidine rings is 1. The van der Waals surface area contributed by atoms with E-state index in [0.29, 0.717) is 17.6 Å². The Bertz CT molecular complexity index is 1130. The molecule has 0 aliphatic carbocycles. The predicted molar refractivity (Wildman–Crippen MR) is 116 cm³/mol. The SMILES string of the molecule is O=C(NNC(=O)C1COc2ccccc2O1)C1CCN(c2ccc(C(F)(F)F)cc2[N+](=O)[O-])CC1. The molecule has 2 N–H and O–H groups in total. The van der Waals surface area contributed by atoms with Gasteiger partial charge in [-0.2, -0.15) is 13.2 Å². The molecule has 186 valence electrons. The van der Waals surface area contributed by atoms with E-state index in [-0.39, 0.29) is 38.2 Å². The van der Waals surface area contributed by atoms with Gasteiger partial charge in [-0.05, 0) is 37.1 Å². The zero-order valence-electron chi connectivity index (χ0n) is 18.2. The largest absolute Gasteiger partial charge is 0.485 e. The van der Waals surface area contributed by atoms with Crippen LogP contribution in [0.3, 0.4) is 0 Å². The van der Waals surface area contributed by atoms with Gasteiger partial charge in [-0.25, -0.2) is 0 Å². The summed E-state index contributed by atoms with van der Waals surface area (Å²) in [4.78, 5) is 36.9. The van der Waals surface area contributed by atoms with Gasteiger partial charge in [0.1, 0.15) is 12.3 Å². The van der Waals surface area contributed by atoms with E-state index in [1.54, 1.807) is 29.2 Å². The second-order valence-electron chi connectivity index (χ2n) is 8.06. The van der Waals surface area contributed by atoms with Crippen molar-refractivity contribution in [2.75, 3.05) is 24.6 Å². The van der Waals surface area contributed by atoms with Crippen molar-refractivity contribution in [3.63, 3.8) is 0 Å². The summed E-state index contributed by atoms with van der Waals surface area (Å²) in [5.74, 6) is -0.609. The molecule has 1 atom stereocenters. The van der Waals surface area contributed by atoms with E-state index in [9.17, 15) is 32.9 Å². The van der Waals surface area contributed by atoms with Crippen LogP contribution in [0.2, 0.25) is 0 Å². The Morgan fingerprint density at radius 3 is 2.34 bits per heavy atom. The zero-order chi connectivity index (χ0) is 25.2. The van der Waals surface area contributed by atoms with Crippen molar-refractivity contribution in [2.45, 2.75) is 25.1 Å². The Morgan fingerprint density at radius 1 is 1.03 bits per heavy atom. The molecule has 35 heavy (non-hydrogen) atoms. The predicted octanol–water partition coefficient (Wildman–Crippen LogP) is 2.82. The molecule has 1 saturated heterocycles. The van der Waals surface area contributed by atoms with Gasteiger partial charge in [-0.15, -0.1) is 0 Å². The number of para-hydroxylation sites is 2. The number of halogens is 3. The average Bonchev–Trinajstić information content (AvgIpc) is 2.86. The maximum atomic E-state index is 12.9. The first-order chi connectivity index (χ1) is 16.6. The van der Waals surface area contributed by atoms with Crippen LogP contribution in [0.15, 0.2) is 42.5 Å². The van der Waals surface area contributed by atoms with Gasteiger partial charge in [0, 0.05) is 25.1 Å². The lowest BCUT2D eigenvalue weighted by Crippen LogP contribution is -2.53. The monoisotopic (exact) mass is 494 g/mol. The molecule has 0 radical (unpaired) electrons. The number of amides is 2. The van der Waals surface area contributed by atoms with Gasteiger partial charge in [-0.1, -0.05) is 12.1 Å². The van der Waals surface area contributed by atoms with Crippen LogP contribution < -0.4 is 25.2 Å². The highest BCUT2D eigenvalue weighted by Crippen LogP contribution is 2.37. The van der Waals surface area contributed by atoms with Gasteiger partial charge in [0.25, 0.3) is 11.6 Å². The first kappa shape index (κ1) is 24.1. The van der Waals surface area contributed by atoms with Gasteiger partial charge in [-0.3, -0.25) is 30.6 Å². The molecule has 10 nitrogen and oxygen atoms in total. The molecule has 2 aromatic carbocycles. The summed E-state index contributed by atoms with van der Waals surface area (Å²) in [6.45, 7) is 0.409. The first-order valence-corrected chi connectivity index (χ1v) is 10.7. The maximum Gasteiger partial charge on any atom is 0.416 e. The highest BCUT2D eigenvalue weighted by molar-refractivity contribution is 5.86. The smallest absolute Gasteiger partial charge is 0.416 e. The third-order valence-corrected chi connectivity index (χ3v) is 5.82. The lowest BCUT2D eigenvalue weighted by atomic mass is 9.95. The molecule has 13 heteroatoms. The fraction of sp³-hybridized carbons (Fsp3) is 0.364. The highest BCUT2D eigenvalue weighted by Gasteiger charge is 2.35. The van der Waals surface area contributed by atoms with Crippen LogP contribution in [0, 0.1) is 16.0 Å². The second kappa shape index (κ2) is 9.68. The lowest BCUT2D eigenvalue weighted by molar-refractivity contribution is -0.384. The van der Waals surface area contributed by atoms with Crippen molar-refractivity contribution in [1.82, 2.24) is 10.9 Å². The minimum Gasteiger partial charge on any atom is -0.485 e. The molecular weight excluding hydrogens is 473 g/mol. The number of benzene rings is 2. The van der Waals surface area contributed by atoms with Crippen molar-refractivity contribution in [2.24, 2.45) is 5.92 Å². The van der Waals surface area contributed by atoms with E-state index in [1.165, 1.54) is 0 Å². The van der Waals surface area contributed by atoms with Crippen molar-refractivity contribution in [1.29, 1.82) is 0 Å². The summed E-state index contributed by atoms with van der Waals surface area (Å²) >= 11 is 0. The van der Waals surface area contributed by atoms with Crippen LogP contribution >= 0.6 is 0 Å². The van der Waals surface area contributed by atoms with E-state index in [4.69, 9.17) is 9.47 Å². The van der Waals surface area contributed by atoms with E-state index < -0.39 is 46.2 Å². The van der Waals surface area contributed by atoms with Crippen molar-refractivity contribution >= 4 is 23.2 Å². The summed E-state index contributed by atoms with van der Waals surface area (Å²) in [6, 6.07) is 9.25. The molecule has 2 aliphatic heterocycles. The molecular formula is C22H21F3N4O6. The molecule has 1 unspecified atom stereocenters. The zero-order valence-corrected chi connectivity index (χ0v) is 18.2. The molecule has 0 aromatic heterocycles. The Morgan fingerprint density at radius 2 is 1.69 bits per heavy atom. The van der Waals surface area contributed by atoms with Crippen molar-refractivity contribution in [3.05, 3.63) is 58.1 Å². The summed E-state index contributed by atoms with van der Waals surface area (Å²) in [5.41, 5.74) is 2.98. The molecule has 2 amide bonds. The Kier molecular flexibility index (Phi) is 6.67. The topological polar surface area (TPSA) is 123 Å². The Hall–Kier alpha value is -4.03. The molecule has 0 spiro atoms. The summed E-state index contributed by atoms with van der Waals surface area (Å²) < 4.78 is 49.8. The number of anilines is 1. The number of hydrogen-bond acceptors (Lipinski definition) is 7. The number of hydrazine groups is 1. The third-order valence-electron chi connectivity index (χ3n) is 5.82. The number of carbonyl (C=O) groups excluding carboxylic acids is 2. The van der Waals surface area contributed by atoms with Crippen LogP contribution in [-0.4, -0.2) is 42.5 Å². The van der Waals surface area contributed by atoms with Crippen molar-refractivity contribution < 1.29 is 37.2 Å². The van der Waals surface area contributed by atoms with Crippen LogP contribution in [0.5, 0.6) is 11.5 Å². The minimum absolute atomic E-state index is 0.0248. The number of hydrogen-bond donors (Lipinski definition) is 2. The van der Waals surface area contributed by atoms with E-state index in [2.05, 4.69) is 10.9 Å². The first-order valence-electron chi connectivity index (χ1n) is 10.7. The number of rotatable bonds is 4. The summed E-state index contributed by atoms with van der Waals surface area (Å²) in [5, 5.41) is 11.4. The number of nitrogens with zero attached hydrogens (tertiary/aromatic N) is 2. The molecule has 2 heterocycles. The number of carbonyl (C=O) groups is 2. The molecule has 2 aromatic rings. The van der Waals surface area contributed by atoms with Crippen molar-refractivity contribution in [3.8, 4) is 11.5 Å². The number of fused-ring (bicyclic) bond motifs is 1. The molecule has 0 saturated carbocycles. The summed E-state index contributed by atoms with van der Waals surface area (Å²) in [6.07, 6.45) is -5.07. The number of alkyl halides is 3. The number of nitrogens with one attached hydrogen (secondary N) is 2. The van der Waals surface area contributed by atoms with Gasteiger partial charge in [0.2, 0.25) is 12.0 Å². The molecule has 1 fully saturated rings. The third kappa shape index (κ3) is 5.39. The number of ether oxygens (including phenoxy) is 2. The van der Waals surface area contributed by atoms with Gasteiger partial charge in [0.15, 0.2) is 11.5 Å². The normalized spacial score (nSPS) is 18.0. The number of nitro groups is 1. The lowest BCUT2D eigenvalue weighted by Gasteiger charge is -2.33. The molecule has 0 bridgehead atoms. The second-order valence-corrected chi connectivity index (χ2v) is 8.06. The fourth-order valence-electron chi connectivity index (χ4n) is 3.95. The van der Waals surface area contributed by atoms with Gasteiger partial charge < -0.3 is 14.4 Å². The van der Waals surface area contributed by atoms with Crippen LogP contribution in [-0.2, 0) is 15.8 Å². The fourth-order valence-corrected chi connectivity index (χ4v) is 3.95. The van der Waals surface area contributed by atoms with Crippen LogP contribution in [0.1, 0.15) is 18.4 Å². The maximum absolute atomic E-state index is 12.9. The molecule has 4 rings (SSSR count). The molecule has 2 aliphatic rings. The Labute approximate surface area is 197 Å².